The molecule has 1 heterocycles. The monoisotopic (exact) mass is 363 g/mol. The summed E-state index contributed by atoms with van der Waals surface area (Å²) < 4.78 is 7.05. The number of carbonyl (C=O) groups is 1. The van der Waals surface area contributed by atoms with Crippen LogP contribution in [0.3, 0.4) is 0 Å². The van der Waals surface area contributed by atoms with Crippen molar-refractivity contribution in [2.24, 2.45) is 0 Å². The van der Waals surface area contributed by atoms with Crippen molar-refractivity contribution in [1.29, 1.82) is 0 Å². The Kier molecular flexibility index (Phi) is 5.31. The van der Waals surface area contributed by atoms with Gasteiger partial charge in [-0.1, -0.05) is 57.2 Å². The molecule has 0 unspecified atom stereocenters. The van der Waals surface area contributed by atoms with Crippen LogP contribution in [-0.4, -0.2) is 22.8 Å². The highest BCUT2D eigenvalue weighted by molar-refractivity contribution is 6.04. The molecular weight excluding hydrogens is 338 g/mol. The quantitative estimate of drug-likeness (QED) is 0.727. The third-order valence-electron chi connectivity index (χ3n) is 4.30. The van der Waals surface area contributed by atoms with Gasteiger partial charge < -0.3 is 10.1 Å². The number of ether oxygens (including phenoxy) is 1. The summed E-state index contributed by atoms with van der Waals surface area (Å²) in [6.45, 7) is 6.91. The van der Waals surface area contributed by atoms with Crippen LogP contribution in [-0.2, 0) is 12.0 Å². The van der Waals surface area contributed by atoms with Crippen molar-refractivity contribution in [2.75, 3.05) is 12.4 Å². The maximum atomic E-state index is 12.7. The molecule has 5 heteroatoms. The van der Waals surface area contributed by atoms with Gasteiger partial charge in [-0.05, 0) is 23.8 Å². The van der Waals surface area contributed by atoms with Gasteiger partial charge >= 0.3 is 0 Å². The Morgan fingerprint density at radius 2 is 1.81 bits per heavy atom. The van der Waals surface area contributed by atoms with Gasteiger partial charge in [0, 0.05) is 17.0 Å². The summed E-state index contributed by atoms with van der Waals surface area (Å²) in [6.07, 6.45) is 0. The van der Waals surface area contributed by atoms with Gasteiger partial charge in [-0.15, -0.1) is 0 Å². The molecule has 3 rings (SSSR count). The lowest BCUT2D eigenvalue weighted by Gasteiger charge is -2.14. The number of aromatic nitrogens is 2. The minimum absolute atomic E-state index is 0.114. The molecular formula is C22H25N3O2. The lowest BCUT2D eigenvalue weighted by atomic mass is 9.92. The van der Waals surface area contributed by atoms with E-state index in [-0.39, 0.29) is 11.3 Å². The maximum absolute atomic E-state index is 12.7. The van der Waals surface area contributed by atoms with E-state index in [0.717, 1.165) is 11.3 Å². The first kappa shape index (κ1) is 18.7. The van der Waals surface area contributed by atoms with E-state index in [1.54, 1.807) is 25.3 Å². The second-order valence-corrected chi connectivity index (χ2v) is 7.49. The van der Waals surface area contributed by atoms with E-state index in [4.69, 9.17) is 9.84 Å². The molecule has 3 aromatic rings. The largest absolute Gasteiger partial charge is 0.497 e. The molecule has 0 bridgehead atoms. The van der Waals surface area contributed by atoms with Crippen molar-refractivity contribution in [3.8, 4) is 5.75 Å². The number of hydrogen-bond acceptors (Lipinski definition) is 3. The summed E-state index contributed by atoms with van der Waals surface area (Å²) >= 11 is 0. The number of nitrogens with one attached hydrogen (secondary N) is 1. The van der Waals surface area contributed by atoms with Gasteiger partial charge in [0.1, 0.15) is 11.6 Å². The van der Waals surface area contributed by atoms with E-state index in [1.807, 2.05) is 47.1 Å². The van der Waals surface area contributed by atoms with Crippen LogP contribution in [0.1, 0.15) is 42.4 Å². The Morgan fingerprint density at radius 1 is 1.07 bits per heavy atom. The SMILES string of the molecule is COc1cccc(C(=O)Nc2cc(C(C)(C)C)nn2Cc2ccccc2)c1. The Bertz CT molecular complexity index is 924. The van der Waals surface area contributed by atoms with Crippen LogP contribution in [0.15, 0.2) is 60.7 Å². The Balaban J connectivity index is 1.90. The molecule has 0 aliphatic rings. The highest BCUT2D eigenvalue weighted by Gasteiger charge is 2.21. The Hall–Kier alpha value is -3.08. The molecule has 27 heavy (non-hydrogen) atoms. The molecule has 0 radical (unpaired) electrons. The lowest BCUT2D eigenvalue weighted by Crippen LogP contribution is -2.16. The third-order valence-corrected chi connectivity index (χ3v) is 4.30. The first-order chi connectivity index (χ1) is 12.9. The fourth-order valence-corrected chi connectivity index (χ4v) is 2.71. The molecule has 0 saturated carbocycles. The van der Waals surface area contributed by atoms with Crippen LogP contribution in [0.25, 0.3) is 0 Å². The van der Waals surface area contributed by atoms with Gasteiger partial charge in [0.2, 0.25) is 0 Å². The second-order valence-electron chi connectivity index (χ2n) is 7.49. The van der Waals surface area contributed by atoms with Crippen molar-refractivity contribution in [1.82, 2.24) is 9.78 Å². The van der Waals surface area contributed by atoms with E-state index in [2.05, 4.69) is 26.1 Å². The minimum Gasteiger partial charge on any atom is -0.497 e. The summed E-state index contributed by atoms with van der Waals surface area (Å²) in [6, 6.07) is 19.1. The van der Waals surface area contributed by atoms with Crippen LogP contribution in [0, 0.1) is 0 Å². The predicted octanol–water partition coefficient (Wildman–Crippen LogP) is 4.49. The molecule has 1 aromatic heterocycles. The first-order valence-electron chi connectivity index (χ1n) is 8.94. The zero-order valence-corrected chi connectivity index (χ0v) is 16.2. The first-order valence-corrected chi connectivity index (χ1v) is 8.94. The van der Waals surface area contributed by atoms with Crippen molar-refractivity contribution in [2.45, 2.75) is 32.7 Å². The molecule has 1 N–H and O–H groups in total. The summed E-state index contributed by atoms with van der Waals surface area (Å²) in [5.41, 5.74) is 2.48. The fraction of sp³-hybridized carbons (Fsp3) is 0.273. The summed E-state index contributed by atoms with van der Waals surface area (Å²) in [5, 5.41) is 7.73. The molecule has 5 nitrogen and oxygen atoms in total. The highest BCUT2D eigenvalue weighted by Crippen LogP contribution is 2.25. The minimum atomic E-state index is -0.191. The van der Waals surface area contributed by atoms with Gasteiger partial charge in [0.05, 0.1) is 19.3 Å². The van der Waals surface area contributed by atoms with E-state index in [1.165, 1.54) is 0 Å². The lowest BCUT2D eigenvalue weighted by molar-refractivity contribution is 0.102. The van der Waals surface area contributed by atoms with E-state index < -0.39 is 0 Å². The average molecular weight is 363 g/mol. The summed E-state index contributed by atoms with van der Waals surface area (Å²) in [4.78, 5) is 12.7. The standard InChI is InChI=1S/C22H25N3O2/c1-22(2,3)19-14-20(25(24-19)15-16-9-6-5-7-10-16)23-21(26)17-11-8-12-18(13-17)27-4/h5-14H,15H2,1-4H3,(H,23,26). The molecule has 0 spiro atoms. The number of benzene rings is 2. The van der Waals surface area contributed by atoms with Gasteiger partial charge in [0.15, 0.2) is 0 Å². The van der Waals surface area contributed by atoms with Crippen LogP contribution >= 0.6 is 0 Å². The third kappa shape index (κ3) is 4.56. The Labute approximate surface area is 160 Å². The Morgan fingerprint density at radius 3 is 2.48 bits per heavy atom. The zero-order valence-electron chi connectivity index (χ0n) is 16.2. The number of methoxy groups -OCH3 is 1. The van der Waals surface area contributed by atoms with E-state index >= 15 is 0 Å². The molecule has 0 atom stereocenters. The van der Waals surface area contributed by atoms with Gasteiger partial charge in [-0.3, -0.25) is 4.79 Å². The molecule has 0 fully saturated rings. The molecule has 2 aromatic carbocycles. The molecule has 0 aliphatic heterocycles. The van der Waals surface area contributed by atoms with Gasteiger partial charge in [-0.25, -0.2) is 4.68 Å². The average Bonchev–Trinajstić information content (AvgIpc) is 3.05. The van der Waals surface area contributed by atoms with Crippen molar-refractivity contribution in [3.63, 3.8) is 0 Å². The second kappa shape index (κ2) is 7.66. The normalized spacial score (nSPS) is 11.3. The van der Waals surface area contributed by atoms with Crippen LogP contribution in [0.5, 0.6) is 5.75 Å². The molecule has 0 saturated heterocycles. The number of amides is 1. The smallest absolute Gasteiger partial charge is 0.256 e. The van der Waals surface area contributed by atoms with Gasteiger partial charge in [-0.2, -0.15) is 5.10 Å². The number of rotatable bonds is 5. The number of nitrogens with zero attached hydrogens (tertiary/aromatic N) is 2. The molecule has 140 valence electrons. The van der Waals surface area contributed by atoms with Crippen LogP contribution < -0.4 is 10.1 Å². The summed E-state index contributed by atoms with van der Waals surface area (Å²) in [7, 11) is 1.58. The van der Waals surface area contributed by atoms with E-state index in [0.29, 0.717) is 23.7 Å². The highest BCUT2D eigenvalue weighted by atomic mass is 16.5. The van der Waals surface area contributed by atoms with Crippen molar-refractivity contribution >= 4 is 11.7 Å². The molecule has 1 amide bonds. The number of hydrogen-bond donors (Lipinski definition) is 1. The van der Waals surface area contributed by atoms with Crippen LogP contribution in [0.4, 0.5) is 5.82 Å². The fourth-order valence-electron chi connectivity index (χ4n) is 2.71. The topological polar surface area (TPSA) is 56.1 Å². The van der Waals surface area contributed by atoms with Crippen molar-refractivity contribution < 1.29 is 9.53 Å². The predicted molar refractivity (Wildman–Crippen MR) is 107 cm³/mol. The summed E-state index contributed by atoms with van der Waals surface area (Å²) in [5.74, 6) is 1.14. The van der Waals surface area contributed by atoms with E-state index in [9.17, 15) is 4.79 Å². The number of anilines is 1. The molecule has 0 aliphatic carbocycles. The van der Waals surface area contributed by atoms with Crippen LogP contribution in [0.2, 0.25) is 0 Å². The zero-order chi connectivity index (χ0) is 19.4. The number of carbonyl (C=O) groups excluding carboxylic acids is 1. The van der Waals surface area contributed by atoms with Gasteiger partial charge in [0.25, 0.3) is 5.91 Å². The maximum Gasteiger partial charge on any atom is 0.256 e. The van der Waals surface area contributed by atoms with Crippen molar-refractivity contribution in [3.05, 3.63) is 77.5 Å².